The normalized spacial score (nSPS) is 26.2. The lowest BCUT2D eigenvalue weighted by atomic mass is 10.1. The molecule has 1 aromatic carbocycles. The van der Waals surface area contributed by atoms with Crippen LogP contribution >= 0.6 is 22.9 Å². The SMILES string of the molecule is O=C1N[C@H](CO)C(=O)N2C[C@@H](NCc3sc4ccccc4c3Cl)C[C@@H]12. The van der Waals surface area contributed by atoms with Gasteiger partial charge in [0.1, 0.15) is 12.1 Å². The number of nitrogens with one attached hydrogen (secondary N) is 2. The van der Waals surface area contributed by atoms with E-state index in [0.717, 1.165) is 20.0 Å². The Morgan fingerprint density at radius 1 is 1.36 bits per heavy atom. The van der Waals surface area contributed by atoms with Crippen LogP contribution in [0.2, 0.25) is 5.02 Å². The maximum Gasteiger partial charge on any atom is 0.248 e. The van der Waals surface area contributed by atoms with Gasteiger partial charge in [0.25, 0.3) is 0 Å². The second-order valence-corrected chi connectivity index (χ2v) is 7.91. The number of hydrogen-bond donors (Lipinski definition) is 3. The molecule has 0 bridgehead atoms. The Hall–Kier alpha value is -1.67. The molecule has 0 unspecified atom stereocenters. The molecule has 0 aliphatic carbocycles. The van der Waals surface area contributed by atoms with Gasteiger partial charge in [-0.3, -0.25) is 9.59 Å². The summed E-state index contributed by atoms with van der Waals surface area (Å²) in [7, 11) is 0. The van der Waals surface area contributed by atoms with Crippen LogP contribution in [-0.4, -0.2) is 53.1 Å². The number of benzene rings is 1. The van der Waals surface area contributed by atoms with E-state index >= 15 is 0 Å². The Balaban J connectivity index is 1.45. The molecule has 3 atom stereocenters. The first kappa shape index (κ1) is 16.8. The predicted octanol–water partition coefficient (Wildman–Crippen LogP) is 1.10. The Labute approximate surface area is 153 Å². The lowest BCUT2D eigenvalue weighted by molar-refractivity contribution is -0.148. The van der Waals surface area contributed by atoms with E-state index in [9.17, 15) is 14.7 Å². The third-order valence-corrected chi connectivity index (χ3v) is 6.55. The molecule has 3 heterocycles. The van der Waals surface area contributed by atoms with Gasteiger partial charge in [0.15, 0.2) is 0 Å². The first-order valence-corrected chi connectivity index (χ1v) is 9.39. The number of amides is 2. The van der Waals surface area contributed by atoms with Crippen molar-refractivity contribution in [2.24, 2.45) is 0 Å². The van der Waals surface area contributed by atoms with Gasteiger partial charge < -0.3 is 20.6 Å². The number of piperazine rings is 1. The highest BCUT2D eigenvalue weighted by Crippen LogP contribution is 2.35. The molecule has 2 amide bonds. The number of aliphatic hydroxyl groups excluding tert-OH is 1. The van der Waals surface area contributed by atoms with Crippen molar-refractivity contribution in [1.29, 1.82) is 0 Å². The quantitative estimate of drug-likeness (QED) is 0.743. The van der Waals surface area contributed by atoms with Crippen LogP contribution in [0.5, 0.6) is 0 Å². The van der Waals surface area contributed by atoms with Crippen LogP contribution in [0.1, 0.15) is 11.3 Å². The highest BCUT2D eigenvalue weighted by molar-refractivity contribution is 7.19. The van der Waals surface area contributed by atoms with E-state index in [2.05, 4.69) is 10.6 Å². The standard InChI is InChI=1S/C17H18ClN3O3S/c18-15-10-3-1-2-4-13(10)25-14(15)6-19-9-5-12-16(23)20-11(8-22)17(24)21(12)7-9/h1-4,9,11-12,19,22H,5-8H2,(H,20,23)/t9-,11+,12-/m0/s1. The van der Waals surface area contributed by atoms with Gasteiger partial charge in [0.05, 0.1) is 11.6 Å². The van der Waals surface area contributed by atoms with Crippen molar-refractivity contribution in [2.45, 2.75) is 31.1 Å². The maximum absolute atomic E-state index is 12.3. The zero-order chi connectivity index (χ0) is 17.6. The molecule has 2 fully saturated rings. The summed E-state index contributed by atoms with van der Waals surface area (Å²) in [4.78, 5) is 27.0. The van der Waals surface area contributed by atoms with Crippen molar-refractivity contribution in [3.05, 3.63) is 34.2 Å². The van der Waals surface area contributed by atoms with Gasteiger partial charge >= 0.3 is 0 Å². The lowest BCUT2D eigenvalue weighted by Gasteiger charge is -2.33. The van der Waals surface area contributed by atoms with Crippen molar-refractivity contribution >= 4 is 44.8 Å². The molecule has 1 aromatic heterocycles. The van der Waals surface area contributed by atoms with Crippen molar-refractivity contribution in [1.82, 2.24) is 15.5 Å². The fourth-order valence-electron chi connectivity index (χ4n) is 3.54. The maximum atomic E-state index is 12.3. The molecule has 6 nitrogen and oxygen atoms in total. The minimum Gasteiger partial charge on any atom is -0.394 e. The number of rotatable bonds is 4. The first-order valence-electron chi connectivity index (χ1n) is 8.19. The molecule has 2 saturated heterocycles. The zero-order valence-electron chi connectivity index (χ0n) is 13.4. The Bertz CT molecular complexity index is 840. The Morgan fingerprint density at radius 2 is 2.16 bits per heavy atom. The summed E-state index contributed by atoms with van der Waals surface area (Å²) in [5.41, 5.74) is 0. The average Bonchev–Trinajstić information content (AvgIpc) is 3.19. The van der Waals surface area contributed by atoms with E-state index in [0.29, 0.717) is 19.5 Å². The molecular formula is C17H18ClN3O3S. The third-order valence-electron chi connectivity index (χ3n) is 4.84. The van der Waals surface area contributed by atoms with E-state index in [1.165, 1.54) is 0 Å². The number of aliphatic hydroxyl groups is 1. The van der Waals surface area contributed by atoms with Crippen molar-refractivity contribution < 1.29 is 14.7 Å². The molecule has 2 aliphatic heterocycles. The van der Waals surface area contributed by atoms with Crippen molar-refractivity contribution in [2.75, 3.05) is 13.2 Å². The summed E-state index contributed by atoms with van der Waals surface area (Å²) in [6.07, 6.45) is 0.568. The Kier molecular flexibility index (Phi) is 4.41. The van der Waals surface area contributed by atoms with Crippen LogP contribution in [0, 0.1) is 0 Å². The fourth-order valence-corrected chi connectivity index (χ4v) is 5.00. The summed E-state index contributed by atoms with van der Waals surface area (Å²) in [6.45, 7) is 0.696. The van der Waals surface area contributed by atoms with Crippen LogP contribution in [0.15, 0.2) is 24.3 Å². The van der Waals surface area contributed by atoms with Gasteiger partial charge in [-0.25, -0.2) is 0 Å². The van der Waals surface area contributed by atoms with Gasteiger partial charge in [0, 0.05) is 34.1 Å². The highest BCUT2D eigenvalue weighted by atomic mass is 35.5. The van der Waals surface area contributed by atoms with E-state index in [1.54, 1.807) is 16.2 Å². The lowest BCUT2D eigenvalue weighted by Crippen LogP contribution is -2.62. The molecule has 0 saturated carbocycles. The van der Waals surface area contributed by atoms with Crippen LogP contribution < -0.4 is 10.6 Å². The molecule has 4 rings (SSSR count). The summed E-state index contributed by atoms with van der Waals surface area (Å²) >= 11 is 8.11. The van der Waals surface area contributed by atoms with E-state index in [-0.39, 0.29) is 24.5 Å². The fraction of sp³-hybridized carbons (Fsp3) is 0.412. The van der Waals surface area contributed by atoms with Crippen LogP contribution in [0.25, 0.3) is 10.1 Å². The number of thiophene rings is 1. The zero-order valence-corrected chi connectivity index (χ0v) is 14.9. The average molecular weight is 380 g/mol. The number of nitrogens with zero attached hydrogens (tertiary/aromatic N) is 1. The van der Waals surface area contributed by atoms with Crippen molar-refractivity contribution in [3.63, 3.8) is 0 Å². The summed E-state index contributed by atoms with van der Waals surface area (Å²) in [5.74, 6) is -0.404. The number of fused-ring (bicyclic) bond motifs is 2. The second-order valence-electron chi connectivity index (χ2n) is 6.40. The van der Waals surface area contributed by atoms with Crippen LogP contribution in [0.3, 0.4) is 0 Å². The molecule has 0 radical (unpaired) electrons. The molecule has 0 spiro atoms. The summed E-state index contributed by atoms with van der Waals surface area (Å²) < 4.78 is 1.15. The minimum atomic E-state index is -0.820. The second kappa shape index (κ2) is 6.57. The highest BCUT2D eigenvalue weighted by Gasteiger charge is 2.46. The van der Waals surface area contributed by atoms with Crippen LogP contribution in [0.4, 0.5) is 0 Å². The van der Waals surface area contributed by atoms with Crippen molar-refractivity contribution in [3.8, 4) is 0 Å². The minimum absolute atomic E-state index is 0.0263. The van der Waals surface area contributed by atoms with Gasteiger partial charge in [-0.1, -0.05) is 29.8 Å². The topological polar surface area (TPSA) is 81.7 Å². The molecular weight excluding hydrogens is 362 g/mol. The summed E-state index contributed by atoms with van der Waals surface area (Å²) in [5, 5.41) is 17.0. The molecule has 132 valence electrons. The largest absolute Gasteiger partial charge is 0.394 e. The van der Waals surface area contributed by atoms with Crippen LogP contribution in [-0.2, 0) is 16.1 Å². The van der Waals surface area contributed by atoms with E-state index < -0.39 is 12.1 Å². The summed E-state index contributed by atoms with van der Waals surface area (Å²) in [6, 6.07) is 6.76. The molecule has 25 heavy (non-hydrogen) atoms. The first-order chi connectivity index (χ1) is 12.1. The Morgan fingerprint density at radius 3 is 2.92 bits per heavy atom. The monoisotopic (exact) mass is 379 g/mol. The number of halogens is 1. The third kappa shape index (κ3) is 2.91. The number of carbonyl (C=O) groups is 2. The van der Waals surface area contributed by atoms with Gasteiger partial charge in [-0.2, -0.15) is 0 Å². The smallest absolute Gasteiger partial charge is 0.248 e. The van der Waals surface area contributed by atoms with Gasteiger partial charge in [0.2, 0.25) is 11.8 Å². The molecule has 3 N–H and O–H groups in total. The van der Waals surface area contributed by atoms with Gasteiger partial charge in [-0.15, -0.1) is 11.3 Å². The van der Waals surface area contributed by atoms with E-state index in [4.69, 9.17) is 11.6 Å². The number of carbonyl (C=O) groups excluding carboxylic acids is 2. The number of hydrogen-bond acceptors (Lipinski definition) is 5. The molecule has 8 heteroatoms. The predicted molar refractivity (Wildman–Crippen MR) is 96.6 cm³/mol. The molecule has 2 aliphatic rings. The van der Waals surface area contributed by atoms with E-state index in [1.807, 2.05) is 24.3 Å². The van der Waals surface area contributed by atoms with Gasteiger partial charge in [-0.05, 0) is 12.5 Å². The molecule has 2 aromatic rings.